The molecule has 0 heterocycles. The highest BCUT2D eigenvalue weighted by Gasteiger charge is 2.03. The largest absolute Gasteiger partial charge is 0.376 e. The van der Waals surface area contributed by atoms with Gasteiger partial charge in [0.15, 0.2) is 0 Å². The molecule has 1 unspecified atom stereocenters. The Balaban J connectivity index is 0. The van der Waals surface area contributed by atoms with Gasteiger partial charge in [-0.25, -0.2) is 0 Å². The molecule has 0 rings (SSSR count). The molecule has 0 aliphatic rings. The predicted octanol–water partition coefficient (Wildman–Crippen LogP) is 2.27. The van der Waals surface area contributed by atoms with Gasteiger partial charge in [-0.2, -0.15) is 0 Å². The zero-order chi connectivity index (χ0) is 14.2. The normalized spacial score (nSPS) is 12.1. The van der Waals surface area contributed by atoms with Crippen LogP contribution in [0, 0.1) is 0 Å². The van der Waals surface area contributed by atoms with Gasteiger partial charge in [-0.05, 0) is 34.0 Å². The Hall–Kier alpha value is -1.13. The van der Waals surface area contributed by atoms with E-state index in [4.69, 9.17) is 0 Å². The maximum atomic E-state index is 3.47. The maximum Gasteiger partial charge on any atom is 0.0652 e. The molecule has 0 aromatic carbocycles. The molecular formula is C14H30N4. The van der Waals surface area contributed by atoms with E-state index in [2.05, 4.69) is 54.2 Å². The monoisotopic (exact) mass is 254 g/mol. The lowest BCUT2D eigenvalue weighted by atomic mass is 10.2. The van der Waals surface area contributed by atoms with Crippen molar-refractivity contribution in [3.05, 3.63) is 24.6 Å². The number of nitrogens with zero attached hydrogens (tertiary/aromatic N) is 1. The van der Waals surface area contributed by atoms with E-state index in [9.17, 15) is 0 Å². The Labute approximate surface area is 113 Å². The number of hydrogen-bond acceptors (Lipinski definition) is 4. The van der Waals surface area contributed by atoms with E-state index in [1.54, 1.807) is 0 Å². The van der Waals surface area contributed by atoms with Crippen LogP contribution in [0.4, 0.5) is 0 Å². The molecule has 0 aliphatic carbocycles. The molecule has 0 bridgehead atoms. The highest BCUT2D eigenvalue weighted by molar-refractivity contribution is 5.24. The molecule has 0 saturated carbocycles. The minimum absolute atomic E-state index is 0.571. The van der Waals surface area contributed by atoms with Crippen LogP contribution in [-0.2, 0) is 0 Å². The fourth-order valence-corrected chi connectivity index (χ4v) is 1.31. The van der Waals surface area contributed by atoms with E-state index >= 15 is 0 Å². The van der Waals surface area contributed by atoms with Crippen molar-refractivity contribution in [3.63, 3.8) is 0 Å². The van der Waals surface area contributed by atoms with Gasteiger partial charge in [0.25, 0.3) is 0 Å². The van der Waals surface area contributed by atoms with E-state index in [0.29, 0.717) is 6.04 Å². The van der Waals surface area contributed by atoms with Crippen molar-refractivity contribution in [2.24, 2.45) is 4.99 Å². The Morgan fingerprint density at radius 3 is 2.44 bits per heavy atom. The van der Waals surface area contributed by atoms with Crippen molar-refractivity contribution in [2.45, 2.75) is 39.7 Å². The van der Waals surface area contributed by atoms with E-state index in [1.807, 2.05) is 14.0 Å². The third kappa shape index (κ3) is 14.9. The molecule has 0 spiro atoms. The molecular weight excluding hydrogens is 224 g/mol. The molecule has 0 aliphatic heterocycles. The van der Waals surface area contributed by atoms with Gasteiger partial charge in [-0.1, -0.05) is 26.0 Å². The van der Waals surface area contributed by atoms with Gasteiger partial charge < -0.3 is 10.6 Å². The lowest BCUT2D eigenvalue weighted by molar-refractivity contribution is 0.448. The number of allylic oxidation sites excluding steroid dienone is 2. The van der Waals surface area contributed by atoms with Gasteiger partial charge in [0.1, 0.15) is 0 Å². The van der Waals surface area contributed by atoms with Crippen molar-refractivity contribution < 1.29 is 0 Å². The molecule has 106 valence electrons. The first-order valence-electron chi connectivity index (χ1n) is 6.47. The quantitative estimate of drug-likeness (QED) is 0.437. The molecule has 0 amide bonds. The summed E-state index contributed by atoms with van der Waals surface area (Å²) in [6.45, 7) is 14.6. The van der Waals surface area contributed by atoms with Crippen molar-refractivity contribution in [1.82, 2.24) is 16.0 Å². The van der Waals surface area contributed by atoms with Crippen LogP contribution in [0.3, 0.4) is 0 Å². The standard InChI is InChI=1S/C11H25N3.C3H5N/c1-5-7-11(8-12-4)14-9-13-10(3)6-2;1-3-4-2/h6,11-14H,5,7-9H2,1-4H3;3H,1-2H2/b10-6+;. The van der Waals surface area contributed by atoms with Crippen LogP contribution < -0.4 is 16.0 Å². The first-order valence-corrected chi connectivity index (χ1v) is 6.47. The van der Waals surface area contributed by atoms with Gasteiger partial charge in [0.2, 0.25) is 0 Å². The molecule has 4 nitrogen and oxygen atoms in total. The van der Waals surface area contributed by atoms with Crippen molar-refractivity contribution >= 4 is 6.72 Å². The van der Waals surface area contributed by atoms with E-state index in [-0.39, 0.29) is 0 Å². The van der Waals surface area contributed by atoms with E-state index in [1.165, 1.54) is 24.7 Å². The van der Waals surface area contributed by atoms with Gasteiger partial charge >= 0.3 is 0 Å². The van der Waals surface area contributed by atoms with Crippen LogP contribution in [-0.4, -0.2) is 33.0 Å². The first-order chi connectivity index (χ1) is 8.65. The summed E-state index contributed by atoms with van der Waals surface area (Å²) in [6, 6.07) is 0.571. The summed E-state index contributed by atoms with van der Waals surface area (Å²) < 4.78 is 0. The third-order valence-corrected chi connectivity index (χ3v) is 2.41. The zero-order valence-corrected chi connectivity index (χ0v) is 12.4. The van der Waals surface area contributed by atoms with Gasteiger partial charge in [0, 0.05) is 24.5 Å². The summed E-state index contributed by atoms with van der Waals surface area (Å²) in [7, 11) is 2.00. The fourth-order valence-electron chi connectivity index (χ4n) is 1.31. The highest BCUT2D eigenvalue weighted by Crippen LogP contribution is 1.94. The maximum absolute atomic E-state index is 3.47. The minimum atomic E-state index is 0.571. The zero-order valence-electron chi connectivity index (χ0n) is 12.4. The van der Waals surface area contributed by atoms with Crippen molar-refractivity contribution in [2.75, 3.05) is 20.3 Å². The van der Waals surface area contributed by atoms with Crippen LogP contribution in [0.15, 0.2) is 29.5 Å². The molecule has 0 radical (unpaired) electrons. The first kappa shape index (κ1) is 19.2. The number of hydrogen-bond donors (Lipinski definition) is 3. The van der Waals surface area contributed by atoms with Crippen LogP contribution in [0.2, 0.25) is 0 Å². The fraction of sp³-hybridized carbons (Fsp3) is 0.643. The van der Waals surface area contributed by atoms with E-state index in [0.717, 1.165) is 13.2 Å². The third-order valence-electron chi connectivity index (χ3n) is 2.41. The average Bonchev–Trinajstić information content (AvgIpc) is 2.39. The Bertz CT molecular complexity index is 212. The smallest absolute Gasteiger partial charge is 0.0652 e. The predicted molar refractivity (Wildman–Crippen MR) is 82.9 cm³/mol. The van der Waals surface area contributed by atoms with Crippen LogP contribution in [0.5, 0.6) is 0 Å². The second-order valence-corrected chi connectivity index (χ2v) is 3.94. The number of likely N-dealkylation sites (N-methyl/N-ethyl adjacent to an activating group) is 1. The lowest BCUT2D eigenvalue weighted by Crippen LogP contribution is -2.41. The second kappa shape index (κ2) is 15.9. The van der Waals surface area contributed by atoms with Gasteiger partial charge in [-0.3, -0.25) is 10.3 Å². The summed E-state index contributed by atoms with van der Waals surface area (Å²) >= 11 is 0. The Kier molecular flexibility index (Phi) is 16.9. The molecule has 0 fully saturated rings. The lowest BCUT2D eigenvalue weighted by Gasteiger charge is -2.18. The van der Waals surface area contributed by atoms with Crippen molar-refractivity contribution in [3.8, 4) is 0 Å². The highest BCUT2D eigenvalue weighted by atomic mass is 15.1. The average molecular weight is 254 g/mol. The molecule has 3 N–H and O–H groups in total. The van der Waals surface area contributed by atoms with Crippen LogP contribution >= 0.6 is 0 Å². The molecule has 0 aromatic rings. The summed E-state index contributed by atoms with van der Waals surface area (Å²) in [6.07, 6.45) is 5.91. The minimum Gasteiger partial charge on any atom is -0.376 e. The molecule has 1 atom stereocenters. The molecule has 0 saturated heterocycles. The van der Waals surface area contributed by atoms with Crippen molar-refractivity contribution in [1.29, 1.82) is 0 Å². The summed E-state index contributed by atoms with van der Waals surface area (Å²) in [5.74, 6) is 0. The van der Waals surface area contributed by atoms with Crippen LogP contribution in [0.25, 0.3) is 0 Å². The second-order valence-electron chi connectivity index (χ2n) is 3.94. The SMILES string of the molecule is C/C=C(\C)NCNC(CCC)CNC.C=CN=C. The number of aliphatic imine (C=N–C) groups is 1. The van der Waals surface area contributed by atoms with Crippen LogP contribution in [0.1, 0.15) is 33.6 Å². The molecule has 0 aromatic heterocycles. The molecule has 18 heavy (non-hydrogen) atoms. The summed E-state index contributed by atoms with van der Waals surface area (Å²) in [5.41, 5.74) is 1.22. The summed E-state index contributed by atoms with van der Waals surface area (Å²) in [4.78, 5) is 3.25. The van der Waals surface area contributed by atoms with Gasteiger partial charge in [0.05, 0.1) is 6.67 Å². The Morgan fingerprint density at radius 2 is 2.06 bits per heavy atom. The topological polar surface area (TPSA) is 48.4 Å². The van der Waals surface area contributed by atoms with E-state index < -0.39 is 0 Å². The number of nitrogens with one attached hydrogen (secondary N) is 3. The summed E-state index contributed by atoms with van der Waals surface area (Å²) in [5, 5.41) is 9.97. The Morgan fingerprint density at radius 1 is 1.44 bits per heavy atom. The molecule has 4 heteroatoms. The van der Waals surface area contributed by atoms with Gasteiger partial charge in [-0.15, -0.1) is 0 Å². The number of rotatable bonds is 9.